The van der Waals surface area contributed by atoms with Crippen molar-refractivity contribution in [2.24, 2.45) is 0 Å². The molecule has 1 aliphatic rings. The van der Waals surface area contributed by atoms with Crippen molar-refractivity contribution >= 4 is 11.0 Å². The van der Waals surface area contributed by atoms with E-state index in [4.69, 9.17) is 8.83 Å². The fraction of sp³-hybridized carbons (Fsp3) is 0.375. The van der Waals surface area contributed by atoms with Gasteiger partial charge in [0.05, 0.1) is 6.26 Å². The van der Waals surface area contributed by atoms with Crippen LogP contribution in [-0.2, 0) is 6.42 Å². The van der Waals surface area contributed by atoms with Gasteiger partial charge in [0, 0.05) is 23.4 Å². The number of furan rings is 1. The van der Waals surface area contributed by atoms with Crippen molar-refractivity contribution in [1.29, 1.82) is 0 Å². The molecule has 0 spiro atoms. The molecule has 1 aliphatic heterocycles. The van der Waals surface area contributed by atoms with Gasteiger partial charge in [0.1, 0.15) is 5.58 Å². The minimum atomic E-state index is 0.455. The van der Waals surface area contributed by atoms with Crippen LogP contribution < -0.4 is 5.32 Å². The molecule has 1 N–H and O–H groups in total. The maximum Gasteiger partial charge on any atom is 0.248 e. The van der Waals surface area contributed by atoms with Crippen LogP contribution in [0.2, 0.25) is 0 Å². The summed E-state index contributed by atoms with van der Waals surface area (Å²) < 4.78 is 11.3. The number of aromatic nitrogens is 2. The molecule has 1 atom stereocenters. The highest BCUT2D eigenvalue weighted by Crippen LogP contribution is 2.28. The maximum absolute atomic E-state index is 5.85. The fourth-order valence-corrected chi connectivity index (χ4v) is 2.93. The third-order valence-corrected chi connectivity index (χ3v) is 4.03. The molecule has 2 aromatic heterocycles. The van der Waals surface area contributed by atoms with Gasteiger partial charge in [-0.25, -0.2) is 0 Å². The molecular weight excluding hydrogens is 266 g/mol. The quantitative estimate of drug-likeness (QED) is 0.800. The Labute approximate surface area is 122 Å². The molecule has 0 radical (unpaired) electrons. The standard InChI is InChI=1S/C16H17N3O2/c1-2-8-17-11(4-1)10-15-18-19-16(21-15)13-5-3-6-14-12(13)7-9-20-14/h3,5-7,9,11,17H,1-2,4,8,10H2/t11-/m0/s1. The van der Waals surface area contributed by atoms with Crippen molar-refractivity contribution in [2.75, 3.05) is 6.54 Å². The molecule has 5 nitrogen and oxygen atoms in total. The summed E-state index contributed by atoms with van der Waals surface area (Å²) in [7, 11) is 0. The molecule has 3 heterocycles. The van der Waals surface area contributed by atoms with Crippen molar-refractivity contribution in [3.63, 3.8) is 0 Å². The van der Waals surface area contributed by atoms with Gasteiger partial charge in [0.25, 0.3) is 0 Å². The van der Waals surface area contributed by atoms with Crippen LogP contribution >= 0.6 is 0 Å². The summed E-state index contributed by atoms with van der Waals surface area (Å²) in [6, 6.07) is 8.23. The average Bonchev–Trinajstić information content (AvgIpc) is 3.16. The molecule has 0 aliphatic carbocycles. The number of hydrogen-bond acceptors (Lipinski definition) is 5. The summed E-state index contributed by atoms with van der Waals surface area (Å²) in [4.78, 5) is 0. The number of benzene rings is 1. The second-order valence-corrected chi connectivity index (χ2v) is 5.49. The van der Waals surface area contributed by atoms with Gasteiger partial charge in [-0.05, 0) is 37.6 Å². The van der Waals surface area contributed by atoms with E-state index in [1.165, 1.54) is 19.3 Å². The van der Waals surface area contributed by atoms with E-state index in [0.29, 0.717) is 17.8 Å². The molecule has 0 bridgehead atoms. The minimum Gasteiger partial charge on any atom is -0.464 e. The Balaban J connectivity index is 1.60. The largest absolute Gasteiger partial charge is 0.464 e. The van der Waals surface area contributed by atoms with Gasteiger partial charge in [0.15, 0.2) is 0 Å². The first-order valence-electron chi connectivity index (χ1n) is 7.42. The van der Waals surface area contributed by atoms with Crippen molar-refractivity contribution in [2.45, 2.75) is 31.7 Å². The second-order valence-electron chi connectivity index (χ2n) is 5.49. The van der Waals surface area contributed by atoms with E-state index in [0.717, 1.165) is 29.5 Å². The van der Waals surface area contributed by atoms with Gasteiger partial charge in [-0.2, -0.15) is 0 Å². The SMILES string of the molecule is c1cc(-c2nnc(C[C@@H]3CCCCN3)o2)c2ccoc2c1. The smallest absolute Gasteiger partial charge is 0.248 e. The van der Waals surface area contributed by atoms with Crippen LogP contribution in [0.15, 0.2) is 39.4 Å². The lowest BCUT2D eigenvalue weighted by atomic mass is 10.0. The summed E-state index contributed by atoms with van der Waals surface area (Å²) in [5, 5.41) is 12.9. The Morgan fingerprint density at radius 1 is 1.19 bits per heavy atom. The topological polar surface area (TPSA) is 64.1 Å². The molecule has 3 aromatic rings. The maximum atomic E-state index is 5.85. The number of nitrogens with one attached hydrogen (secondary N) is 1. The first-order chi connectivity index (χ1) is 10.4. The molecule has 0 amide bonds. The van der Waals surface area contributed by atoms with Crippen LogP contribution in [0.4, 0.5) is 0 Å². The normalized spacial score (nSPS) is 19.1. The average molecular weight is 283 g/mol. The van der Waals surface area contributed by atoms with E-state index in [9.17, 15) is 0 Å². The molecule has 1 saturated heterocycles. The second kappa shape index (κ2) is 5.33. The zero-order valence-corrected chi connectivity index (χ0v) is 11.7. The van der Waals surface area contributed by atoms with E-state index in [-0.39, 0.29) is 0 Å². The van der Waals surface area contributed by atoms with E-state index in [2.05, 4.69) is 15.5 Å². The van der Waals surface area contributed by atoms with E-state index < -0.39 is 0 Å². The number of nitrogens with zero attached hydrogens (tertiary/aromatic N) is 2. The lowest BCUT2D eigenvalue weighted by molar-refractivity contribution is 0.369. The summed E-state index contributed by atoms with van der Waals surface area (Å²) in [5.41, 5.74) is 1.76. The molecule has 5 heteroatoms. The van der Waals surface area contributed by atoms with Gasteiger partial charge < -0.3 is 14.2 Å². The number of piperidine rings is 1. The molecule has 0 saturated carbocycles. The number of rotatable bonds is 3. The van der Waals surface area contributed by atoms with E-state index in [1.807, 2.05) is 24.3 Å². The zero-order chi connectivity index (χ0) is 14.1. The van der Waals surface area contributed by atoms with Crippen LogP contribution in [-0.4, -0.2) is 22.8 Å². The predicted molar refractivity (Wildman–Crippen MR) is 78.9 cm³/mol. The summed E-state index contributed by atoms with van der Waals surface area (Å²) in [6.45, 7) is 1.08. The van der Waals surface area contributed by atoms with Gasteiger partial charge in [-0.1, -0.05) is 12.5 Å². The molecule has 21 heavy (non-hydrogen) atoms. The molecular formula is C16H17N3O2. The summed E-state index contributed by atoms with van der Waals surface area (Å²) in [5.74, 6) is 1.26. The third-order valence-electron chi connectivity index (χ3n) is 4.03. The van der Waals surface area contributed by atoms with E-state index in [1.54, 1.807) is 6.26 Å². The summed E-state index contributed by atoms with van der Waals surface area (Å²) in [6.07, 6.45) is 6.18. The fourth-order valence-electron chi connectivity index (χ4n) is 2.93. The lowest BCUT2D eigenvalue weighted by Gasteiger charge is -2.21. The predicted octanol–water partition coefficient (Wildman–Crippen LogP) is 3.17. The van der Waals surface area contributed by atoms with E-state index >= 15 is 0 Å². The van der Waals surface area contributed by atoms with Crippen LogP contribution in [0.5, 0.6) is 0 Å². The lowest BCUT2D eigenvalue weighted by Crippen LogP contribution is -2.35. The Morgan fingerprint density at radius 2 is 2.19 bits per heavy atom. The molecule has 4 rings (SSSR count). The Bertz CT molecular complexity index is 741. The Hall–Kier alpha value is -2.14. The molecule has 0 unspecified atom stereocenters. The highest BCUT2D eigenvalue weighted by Gasteiger charge is 2.18. The molecule has 1 aromatic carbocycles. The first-order valence-corrected chi connectivity index (χ1v) is 7.42. The highest BCUT2D eigenvalue weighted by atomic mass is 16.4. The van der Waals surface area contributed by atoms with Crippen molar-refractivity contribution in [1.82, 2.24) is 15.5 Å². The van der Waals surface area contributed by atoms with Gasteiger partial charge >= 0.3 is 0 Å². The van der Waals surface area contributed by atoms with Gasteiger partial charge in [-0.3, -0.25) is 0 Å². The number of hydrogen-bond donors (Lipinski definition) is 1. The summed E-state index contributed by atoms with van der Waals surface area (Å²) >= 11 is 0. The zero-order valence-electron chi connectivity index (χ0n) is 11.7. The van der Waals surface area contributed by atoms with Crippen LogP contribution in [0.1, 0.15) is 25.2 Å². The Morgan fingerprint density at radius 3 is 3.10 bits per heavy atom. The minimum absolute atomic E-state index is 0.455. The van der Waals surface area contributed by atoms with Crippen LogP contribution in [0, 0.1) is 0 Å². The van der Waals surface area contributed by atoms with Crippen molar-refractivity contribution in [3.05, 3.63) is 36.4 Å². The van der Waals surface area contributed by atoms with Crippen LogP contribution in [0.25, 0.3) is 22.4 Å². The molecule has 108 valence electrons. The first kappa shape index (κ1) is 12.6. The third kappa shape index (κ3) is 2.45. The monoisotopic (exact) mass is 283 g/mol. The van der Waals surface area contributed by atoms with Gasteiger partial charge in [-0.15, -0.1) is 10.2 Å². The van der Waals surface area contributed by atoms with Gasteiger partial charge in [0.2, 0.25) is 11.8 Å². The number of fused-ring (bicyclic) bond motifs is 1. The van der Waals surface area contributed by atoms with Crippen molar-refractivity contribution < 1.29 is 8.83 Å². The Kier molecular flexibility index (Phi) is 3.20. The molecule has 1 fully saturated rings. The highest BCUT2D eigenvalue weighted by molar-refractivity contribution is 5.91. The van der Waals surface area contributed by atoms with Crippen LogP contribution in [0.3, 0.4) is 0 Å². The van der Waals surface area contributed by atoms with Crippen molar-refractivity contribution in [3.8, 4) is 11.5 Å².